The van der Waals surface area contributed by atoms with Gasteiger partial charge in [0.2, 0.25) is 11.7 Å². The first-order chi connectivity index (χ1) is 13.5. The van der Waals surface area contributed by atoms with Gasteiger partial charge in [0.05, 0.1) is 12.2 Å². The Balaban J connectivity index is 1.31. The summed E-state index contributed by atoms with van der Waals surface area (Å²) < 4.78 is 6.36. The van der Waals surface area contributed by atoms with Crippen LogP contribution in [0.5, 0.6) is 0 Å². The number of likely N-dealkylation sites (tertiary alicyclic amines) is 1. The number of rotatable bonds is 2. The number of piperidine rings is 1. The standard InChI is InChI=1S/C22H36N2O4/c1-16-13-18-3-2-4-20(14-18)27-28-22(26-16)9-5-17(6-10-22)15-21(25)24-11-7-19(23)8-12-24/h13,16-17,19-20H,2-12,14-15,23H2,1H3/b18-13-. The molecule has 0 radical (unpaired) electrons. The molecule has 1 spiro atoms. The Bertz CT molecular complexity index is 577. The number of hydrogen-bond acceptors (Lipinski definition) is 5. The number of ether oxygens (including phenoxy) is 1. The van der Waals surface area contributed by atoms with Crippen molar-refractivity contribution in [1.82, 2.24) is 4.90 Å². The third-order valence-electron chi connectivity index (χ3n) is 6.94. The summed E-state index contributed by atoms with van der Waals surface area (Å²) in [4.78, 5) is 26.5. The molecular formula is C22H36N2O4. The van der Waals surface area contributed by atoms with E-state index in [1.165, 1.54) is 5.57 Å². The molecule has 3 fully saturated rings. The van der Waals surface area contributed by atoms with E-state index in [-0.39, 0.29) is 24.2 Å². The largest absolute Gasteiger partial charge is 0.343 e. The minimum atomic E-state index is -0.661. The zero-order chi connectivity index (χ0) is 19.6. The minimum Gasteiger partial charge on any atom is -0.343 e. The number of carbonyl (C=O) groups is 1. The van der Waals surface area contributed by atoms with Crippen molar-refractivity contribution < 1.29 is 19.3 Å². The van der Waals surface area contributed by atoms with Gasteiger partial charge < -0.3 is 15.4 Å². The zero-order valence-corrected chi connectivity index (χ0v) is 17.2. The second kappa shape index (κ2) is 8.82. The van der Waals surface area contributed by atoms with E-state index in [0.717, 1.165) is 77.3 Å². The van der Waals surface area contributed by atoms with Gasteiger partial charge >= 0.3 is 0 Å². The molecule has 2 unspecified atom stereocenters. The van der Waals surface area contributed by atoms with Crippen molar-refractivity contribution >= 4 is 5.91 Å². The first-order valence-corrected chi connectivity index (χ1v) is 11.3. The molecule has 0 aromatic carbocycles. The summed E-state index contributed by atoms with van der Waals surface area (Å²) in [5, 5.41) is 0. The first-order valence-electron chi connectivity index (χ1n) is 11.3. The summed E-state index contributed by atoms with van der Waals surface area (Å²) in [7, 11) is 0. The summed E-state index contributed by atoms with van der Waals surface area (Å²) in [5.74, 6) is 0.0273. The van der Waals surface area contributed by atoms with Gasteiger partial charge in [-0.25, -0.2) is 9.78 Å². The van der Waals surface area contributed by atoms with Gasteiger partial charge in [-0.1, -0.05) is 11.6 Å². The van der Waals surface area contributed by atoms with E-state index < -0.39 is 5.79 Å². The number of nitrogens with zero attached hydrogens (tertiary/aromatic N) is 1. The lowest BCUT2D eigenvalue weighted by Crippen LogP contribution is -2.45. The summed E-state index contributed by atoms with van der Waals surface area (Å²) in [6, 6.07) is 0.257. The Morgan fingerprint density at radius 1 is 1.21 bits per heavy atom. The van der Waals surface area contributed by atoms with Crippen LogP contribution in [0.4, 0.5) is 0 Å². The molecule has 4 rings (SSSR count). The van der Waals surface area contributed by atoms with Crippen molar-refractivity contribution in [1.29, 1.82) is 0 Å². The van der Waals surface area contributed by atoms with Crippen LogP contribution < -0.4 is 5.73 Å². The van der Waals surface area contributed by atoms with Crippen LogP contribution in [0.2, 0.25) is 0 Å². The van der Waals surface area contributed by atoms with E-state index >= 15 is 0 Å². The van der Waals surface area contributed by atoms with Gasteiger partial charge in [-0.15, -0.1) is 0 Å². The van der Waals surface area contributed by atoms with Crippen molar-refractivity contribution in [2.45, 2.75) is 102 Å². The van der Waals surface area contributed by atoms with Gasteiger partial charge in [0.1, 0.15) is 0 Å². The Hall–Kier alpha value is -0.950. The second-order valence-corrected chi connectivity index (χ2v) is 9.32. The summed E-state index contributed by atoms with van der Waals surface area (Å²) in [6.07, 6.45) is 12.7. The quantitative estimate of drug-likeness (QED) is 0.575. The topological polar surface area (TPSA) is 74.0 Å². The molecule has 2 aliphatic carbocycles. The van der Waals surface area contributed by atoms with Crippen LogP contribution >= 0.6 is 0 Å². The van der Waals surface area contributed by atoms with E-state index in [2.05, 4.69) is 13.0 Å². The molecule has 2 saturated carbocycles. The highest BCUT2D eigenvalue weighted by Crippen LogP contribution is 2.41. The van der Waals surface area contributed by atoms with Crippen molar-refractivity contribution in [3.63, 3.8) is 0 Å². The fraction of sp³-hybridized carbons (Fsp3) is 0.864. The fourth-order valence-corrected chi connectivity index (χ4v) is 5.21. The van der Waals surface area contributed by atoms with Gasteiger partial charge in [0.25, 0.3) is 0 Å². The van der Waals surface area contributed by atoms with E-state index in [1.807, 2.05) is 4.90 Å². The van der Waals surface area contributed by atoms with Crippen LogP contribution in [0.3, 0.4) is 0 Å². The maximum absolute atomic E-state index is 12.7. The van der Waals surface area contributed by atoms with Crippen LogP contribution in [-0.2, 0) is 19.3 Å². The van der Waals surface area contributed by atoms with E-state index in [0.29, 0.717) is 12.3 Å². The third-order valence-corrected chi connectivity index (χ3v) is 6.94. The zero-order valence-electron chi connectivity index (χ0n) is 17.2. The highest BCUT2D eigenvalue weighted by molar-refractivity contribution is 5.76. The number of hydrogen-bond donors (Lipinski definition) is 1. The average molecular weight is 393 g/mol. The maximum Gasteiger partial charge on any atom is 0.222 e. The Morgan fingerprint density at radius 3 is 2.71 bits per heavy atom. The van der Waals surface area contributed by atoms with Crippen molar-refractivity contribution in [3.8, 4) is 0 Å². The molecule has 0 aromatic rings. The number of fused-ring (bicyclic) bond motifs is 2. The SMILES string of the molecule is CC1/C=C2/CCCC(C2)OOC2(CCC(CC(=O)N3CCC(N)CC3)CC2)O1. The maximum atomic E-state index is 12.7. The van der Waals surface area contributed by atoms with Gasteiger partial charge in [0.15, 0.2) is 0 Å². The smallest absolute Gasteiger partial charge is 0.222 e. The Morgan fingerprint density at radius 2 is 1.96 bits per heavy atom. The van der Waals surface area contributed by atoms with Gasteiger partial charge in [-0.3, -0.25) is 4.79 Å². The lowest BCUT2D eigenvalue weighted by Gasteiger charge is -2.40. The molecule has 4 aliphatic rings. The van der Waals surface area contributed by atoms with Crippen LogP contribution in [-0.4, -0.2) is 47.9 Å². The van der Waals surface area contributed by atoms with E-state index in [9.17, 15) is 4.79 Å². The van der Waals surface area contributed by atoms with Gasteiger partial charge in [-0.2, -0.15) is 0 Å². The van der Waals surface area contributed by atoms with Crippen molar-refractivity contribution in [2.24, 2.45) is 11.7 Å². The Labute approximate surface area is 168 Å². The average Bonchev–Trinajstić information content (AvgIpc) is 2.72. The molecule has 28 heavy (non-hydrogen) atoms. The second-order valence-electron chi connectivity index (χ2n) is 9.32. The predicted octanol–water partition coefficient (Wildman–Crippen LogP) is 3.45. The summed E-state index contributed by atoms with van der Waals surface area (Å²) in [5.41, 5.74) is 7.39. The highest BCUT2D eigenvalue weighted by Gasteiger charge is 2.42. The number of nitrogens with two attached hydrogens (primary N) is 1. The van der Waals surface area contributed by atoms with Crippen LogP contribution in [0.1, 0.15) is 77.6 Å². The molecule has 2 bridgehead atoms. The highest BCUT2D eigenvalue weighted by atomic mass is 17.2. The normalized spacial score (nSPS) is 39.6. The number of carbonyl (C=O) groups excluding carboxylic acids is 1. The van der Waals surface area contributed by atoms with E-state index in [4.69, 9.17) is 20.2 Å². The summed E-state index contributed by atoms with van der Waals surface area (Å²) in [6.45, 7) is 3.72. The molecule has 1 amide bonds. The van der Waals surface area contributed by atoms with Gasteiger partial charge in [-0.05, 0) is 64.2 Å². The lowest BCUT2D eigenvalue weighted by molar-refractivity contribution is -0.455. The molecule has 6 heteroatoms. The first kappa shape index (κ1) is 20.3. The van der Waals surface area contributed by atoms with Crippen LogP contribution in [0.15, 0.2) is 11.6 Å². The molecule has 158 valence electrons. The molecular weight excluding hydrogens is 356 g/mol. The minimum absolute atomic E-state index is 0.0335. The van der Waals surface area contributed by atoms with Crippen LogP contribution in [0.25, 0.3) is 0 Å². The van der Waals surface area contributed by atoms with Gasteiger partial charge in [0, 0.05) is 38.4 Å². The molecule has 6 nitrogen and oxygen atoms in total. The molecule has 2 N–H and O–H groups in total. The fourth-order valence-electron chi connectivity index (χ4n) is 5.21. The molecule has 2 aliphatic heterocycles. The Kier molecular flexibility index (Phi) is 6.40. The van der Waals surface area contributed by atoms with Crippen molar-refractivity contribution in [3.05, 3.63) is 11.6 Å². The molecule has 2 heterocycles. The summed E-state index contributed by atoms with van der Waals surface area (Å²) >= 11 is 0. The lowest BCUT2D eigenvalue weighted by atomic mass is 9.82. The van der Waals surface area contributed by atoms with Crippen LogP contribution in [0, 0.1) is 5.92 Å². The van der Waals surface area contributed by atoms with Crippen molar-refractivity contribution in [2.75, 3.05) is 13.1 Å². The number of amides is 1. The predicted molar refractivity (Wildman–Crippen MR) is 106 cm³/mol. The van der Waals surface area contributed by atoms with E-state index in [1.54, 1.807) is 0 Å². The molecule has 2 atom stereocenters. The monoisotopic (exact) mass is 392 g/mol. The molecule has 1 saturated heterocycles. The third kappa shape index (κ3) is 4.96. The molecule has 0 aromatic heterocycles.